The molecule has 0 aliphatic carbocycles. The first-order chi connectivity index (χ1) is 12.6. The quantitative estimate of drug-likeness (QED) is 0.350. The Morgan fingerprint density at radius 3 is 2.19 bits per heavy atom. The molecular formula is C19H29N5O3. The highest BCUT2D eigenvalue weighted by Gasteiger charge is 2.17. The molecule has 0 heterocycles. The first-order valence-corrected chi connectivity index (χ1v) is 8.88. The van der Waals surface area contributed by atoms with Gasteiger partial charge in [-0.2, -0.15) is 0 Å². The molecule has 6 N–H and O–H groups in total. The Kier molecular flexibility index (Phi) is 8.61. The fraction of sp³-hybridized carbons (Fsp3) is 0.474. The first-order valence-electron chi connectivity index (χ1n) is 8.88. The molecule has 27 heavy (non-hydrogen) atoms. The van der Waals surface area contributed by atoms with Crippen LogP contribution in [0.15, 0.2) is 18.2 Å². The van der Waals surface area contributed by atoms with Gasteiger partial charge in [0.2, 0.25) is 23.7 Å². The number of carbonyl (C=O) groups is 3. The van der Waals surface area contributed by atoms with Crippen LogP contribution in [-0.4, -0.2) is 36.3 Å². The van der Waals surface area contributed by atoms with Crippen LogP contribution in [0.1, 0.15) is 37.0 Å². The number of rotatable bonds is 7. The lowest BCUT2D eigenvalue weighted by Gasteiger charge is -2.15. The second-order valence-corrected chi connectivity index (χ2v) is 6.83. The van der Waals surface area contributed by atoms with Gasteiger partial charge in [-0.15, -0.1) is 0 Å². The number of aryl methyl sites for hydroxylation is 2. The molecule has 1 rings (SSSR count). The highest BCUT2D eigenvalue weighted by molar-refractivity contribution is 6.03. The maximum absolute atomic E-state index is 12.1. The van der Waals surface area contributed by atoms with Crippen LogP contribution in [0.2, 0.25) is 0 Å². The standard InChI is InChI=1S/C19H29N5O3/c1-11(2)17(20)18(27)22-9-8-15(25)23-19(21)24-16(26)10-14-12(3)6-5-7-13(14)4/h5-7,11,17H,8-10,20H2,1-4H3,(H,22,27)(H3,21,23,24,25,26)/t17-/m0/s1. The zero-order chi connectivity index (χ0) is 20.6. The Morgan fingerprint density at radius 2 is 1.63 bits per heavy atom. The molecule has 1 aromatic rings. The summed E-state index contributed by atoms with van der Waals surface area (Å²) in [6.07, 6.45) is 0.103. The summed E-state index contributed by atoms with van der Waals surface area (Å²) >= 11 is 0. The van der Waals surface area contributed by atoms with E-state index < -0.39 is 11.9 Å². The van der Waals surface area contributed by atoms with Gasteiger partial charge in [-0.05, 0) is 36.5 Å². The molecule has 1 atom stereocenters. The molecule has 0 bridgehead atoms. The van der Waals surface area contributed by atoms with Gasteiger partial charge in [0, 0.05) is 13.0 Å². The summed E-state index contributed by atoms with van der Waals surface area (Å²) in [6, 6.07) is 5.13. The maximum atomic E-state index is 12.1. The number of amides is 3. The Morgan fingerprint density at radius 1 is 1.07 bits per heavy atom. The van der Waals surface area contributed by atoms with E-state index in [1.54, 1.807) is 0 Å². The zero-order valence-electron chi connectivity index (χ0n) is 16.3. The monoisotopic (exact) mass is 375 g/mol. The summed E-state index contributed by atoms with van der Waals surface area (Å²) in [6.45, 7) is 7.61. The van der Waals surface area contributed by atoms with Crippen molar-refractivity contribution in [3.05, 3.63) is 34.9 Å². The lowest BCUT2D eigenvalue weighted by molar-refractivity contribution is -0.123. The summed E-state index contributed by atoms with van der Waals surface area (Å²) < 4.78 is 0. The first kappa shape index (κ1) is 22.3. The molecule has 0 spiro atoms. The normalized spacial score (nSPS) is 11.6. The third kappa shape index (κ3) is 7.57. The van der Waals surface area contributed by atoms with Crippen LogP contribution in [0.3, 0.4) is 0 Å². The predicted octanol–water partition coefficient (Wildman–Crippen LogP) is 0.503. The fourth-order valence-corrected chi connectivity index (χ4v) is 2.42. The van der Waals surface area contributed by atoms with Crippen LogP contribution < -0.4 is 21.7 Å². The van der Waals surface area contributed by atoms with E-state index >= 15 is 0 Å². The van der Waals surface area contributed by atoms with E-state index in [0.29, 0.717) is 0 Å². The van der Waals surface area contributed by atoms with E-state index in [0.717, 1.165) is 16.7 Å². The van der Waals surface area contributed by atoms with E-state index in [1.165, 1.54) is 0 Å². The van der Waals surface area contributed by atoms with Crippen molar-refractivity contribution in [1.29, 1.82) is 5.41 Å². The molecular weight excluding hydrogens is 346 g/mol. The minimum atomic E-state index is -0.629. The number of nitrogens with one attached hydrogen (secondary N) is 4. The molecule has 0 fully saturated rings. The average molecular weight is 375 g/mol. The van der Waals surface area contributed by atoms with Crippen molar-refractivity contribution in [2.45, 2.75) is 46.6 Å². The Bertz CT molecular complexity index is 695. The third-order valence-corrected chi connectivity index (χ3v) is 4.18. The Hall–Kier alpha value is -2.74. The Balaban J connectivity index is 2.38. The summed E-state index contributed by atoms with van der Waals surface area (Å²) in [5.41, 5.74) is 8.60. The van der Waals surface area contributed by atoms with E-state index in [1.807, 2.05) is 45.9 Å². The minimum absolute atomic E-state index is 0.000829. The van der Waals surface area contributed by atoms with Crippen LogP contribution in [0.4, 0.5) is 0 Å². The van der Waals surface area contributed by atoms with Crippen LogP contribution in [0, 0.1) is 25.2 Å². The molecule has 8 nitrogen and oxygen atoms in total. The van der Waals surface area contributed by atoms with E-state index in [9.17, 15) is 14.4 Å². The SMILES string of the molecule is Cc1cccc(C)c1CC(=O)NC(=N)NC(=O)CCNC(=O)[C@@H](N)C(C)C. The van der Waals surface area contributed by atoms with Crippen LogP contribution in [-0.2, 0) is 20.8 Å². The molecule has 0 radical (unpaired) electrons. The van der Waals surface area contributed by atoms with E-state index in [4.69, 9.17) is 11.1 Å². The second-order valence-electron chi connectivity index (χ2n) is 6.83. The average Bonchev–Trinajstić information content (AvgIpc) is 2.57. The third-order valence-electron chi connectivity index (χ3n) is 4.18. The largest absolute Gasteiger partial charge is 0.354 e. The molecule has 0 saturated carbocycles. The molecule has 8 heteroatoms. The number of hydrogen-bond donors (Lipinski definition) is 5. The number of carbonyl (C=O) groups excluding carboxylic acids is 3. The zero-order valence-corrected chi connectivity index (χ0v) is 16.3. The van der Waals surface area contributed by atoms with Gasteiger partial charge in [0.15, 0.2) is 0 Å². The number of guanidine groups is 1. The highest BCUT2D eigenvalue weighted by atomic mass is 16.2. The molecule has 0 unspecified atom stereocenters. The number of hydrogen-bond acceptors (Lipinski definition) is 5. The van der Waals surface area contributed by atoms with Gasteiger partial charge < -0.3 is 11.1 Å². The lowest BCUT2D eigenvalue weighted by atomic mass is 10.00. The summed E-state index contributed by atoms with van der Waals surface area (Å²) in [7, 11) is 0. The molecule has 0 saturated heterocycles. The lowest BCUT2D eigenvalue weighted by Crippen LogP contribution is -2.46. The van der Waals surface area contributed by atoms with Crippen molar-refractivity contribution in [2.24, 2.45) is 11.7 Å². The van der Waals surface area contributed by atoms with Crippen molar-refractivity contribution in [1.82, 2.24) is 16.0 Å². The second kappa shape index (κ2) is 10.4. The highest BCUT2D eigenvalue weighted by Crippen LogP contribution is 2.13. The van der Waals surface area contributed by atoms with Crippen molar-refractivity contribution in [3.8, 4) is 0 Å². The van der Waals surface area contributed by atoms with Crippen molar-refractivity contribution >= 4 is 23.7 Å². The Labute approximate surface area is 159 Å². The predicted molar refractivity (Wildman–Crippen MR) is 104 cm³/mol. The van der Waals surface area contributed by atoms with E-state index in [2.05, 4.69) is 16.0 Å². The minimum Gasteiger partial charge on any atom is -0.354 e. The maximum Gasteiger partial charge on any atom is 0.237 e. The van der Waals surface area contributed by atoms with Gasteiger partial charge in [-0.1, -0.05) is 32.0 Å². The molecule has 0 aromatic heterocycles. The summed E-state index contributed by atoms with van der Waals surface area (Å²) in [5, 5.41) is 14.9. The summed E-state index contributed by atoms with van der Waals surface area (Å²) in [5.74, 6) is -1.57. The smallest absolute Gasteiger partial charge is 0.237 e. The van der Waals surface area contributed by atoms with Gasteiger partial charge in [0.25, 0.3) is 0 Å². The number of nitrogens with two attached hydrogens (primary N) is 1. The number of benzene rings is 1. The van der Waals surface area contributed by atoms with Gasteiger partial charge in [-0.3, -0.25) is 30.4 Å². The van der Waals surface area contributed by atoms with Gasteiger partial charge in [0.05, 0.1) is 12.5 Å². The van der Waals surface area contributed by atoms with Gasteiger partial charge in [-0.25, -0.2) is 0 Å². The van der Waals surface area contributed by atoms with Gasteiger partial charge in [0.1, 0.15) is 0 Å². The van der Waals surface area contributed by atoms with Crippen molar-refractivity contribution in [2.75, 3.05) is 6.54 Å². The van der Waals surface area contributed by atoms with E-state index in [-0.39, 0.29) is 43.1 Å². The molecule has 0 aliphatic rings. The fourth-order valence-electron chi connectivity index (χ4n) is 2.42. The van der Waals surface area contributed by atoms with Crippen molar-refractivity contribution < 1.29 is 14.4 Å². The van der Waals surface area contributed by atoms with Crippen LogP contribution >= 0.6 is 0 Å². The molecule has 1 aromatic carbocycles. The topological polar surface area (TPSA) is 137 Å². The summed E-state index contributed by atoms with van der Waals surface area (Å²) in [4.78, 5) is 35.6. The molecule has 148 valence electrons. The molecule has 0 aliphatic heterocycles. The molecule has 3 amide bonds. The van der Waals surface area contributed by atoms with Crippen LogP contribution in [0.25, 0.3) is 0 Å². The van der Waals surface area contributed by atoms with Crippen molar-refractivity contribution in [3.63, 3.8) is 0 Å². The van der Waals surface area contributed by atoms with Gasteiger partial charge >= 0.3 is 0 Å². The van der Waals surface area contributed by atoms with Crippen LogP contribution in [0.5, 0.6) is 0 Å².